The van der Waals surface area contributed by atoms with Gasteiger partial charge in [-0.3, -0.25) is 4.79 Å². The zero-order chi connectivity index (χ0) is 28.1. The van der Waals surface area contributed by atoms with Crippen LogP contribution in [0, 0.1) is 17.8 Å². The lowest BCUT2D eigenvalue weighted by molar-refractivity contribution is -0.142. The van der Waals surface area contributed by atoms with Gasteiger partial charge >= 0.3 is 5.97 Å². The summed E-state index contributed by atoms with van der Waals surface area (Å²) in [7, 11) is 0. The topological polar surface area (TPSA) is 37.3 Å². The number of rotatable bonds is 31. The average molecular weight is 537 g/mol. The lowest BCUT2D eigenvalue weighted by Gasteiger charge is -2.22. The zero-order valence-electron chi connectivity index (χ0n) is 26.9. The third kappa shape index (κ3) is 25.7. The van der Waals surface area contributed by atoms with Crippen molar-refractivity contribution in [3.8, 4) is 0 Å². The molecule has 0 aromatic heterocycles. The van der Waals surface area contributed by atoms with Crippen LogP contribution in [0.25, 0.3) is 0 Å². The van der Waals surface area contributed by atoms with E-state index in [1.165, 1.54) is 161 Å². The molecule has 0 aromatic rings. The minimum atomic E-state index is -0.557. The fourth-order valence-electron chi connectivity index (χ4n) is 6.23. The van der Waals surface area contributed by atoms with E-state index in [1.807, 2.05) is 0 Å². The van der Waals surface area contributed by atoms with Crippen LogP contribution in [0.3, 0.4) is 0 Å². The second kappa shape index (κ2) is 29.5. The number of hydrogen-bond acceptors (Lipinski definition) is 1. The molecule has 0 radical (unpaired) electrons. The van der Waals surface area contributed by atoms with E-state index >= 15 is 0 Å². The van der Waals surface area contributed by atoms with Crippen molar-refractivity contribution in [1.82, 2.24) is 0 Å². The molecule has 0 aliphatic heterocycles. The molecule has 0 aliphatic carbocycles. The van der Waals surface area contributed by atoms with Crippen LogP contribution in [-0.2, 0) is 4.79 Å². The number of unbranched alkanes of at least 4 members (excludes halogenated alkanes) is 19. The Morgan fingerprint density at radius 2 is 0.895 bits per heavy atom. The van der Waals surface area contributed by atoms with Gasteiger partial charge in [-0.05, 0) is 31.1 Å². The molecule has 0 aliphatic rings. The molecule has 0 rings (SSSR count). The van der Waals surface area contributed by atoms with Gasteiger partial charge in [-0.2, -0.15) is 0 Å². The van der Waals surface area contributed by atoms with E-state index in [-0.39, 0.29) is 5.92 Å². The standard InChI is InChI=1S/C36H72O2/c1-5-8-10-11-12-13-14-15-16-17-18-19-20-21-22-23-24-25-26-28-33(4)30-31-35(36(37)38)32-34(27-7-3)29-9-6-2/h33-35H,5-32H2,1-4H3,(H,37,38). The first-order valence-electron chi connectivity index (χ1n) is 17.8. The smallest absolute Gasteiger partial charge is 0.306 e. The molecule has 2 heteroatoms. The summed E-state index contributed by atoms with van der Waals surface area (Å²) in [6, 6.07) is 0. The first-order valence-corrected chi connectivity index (χ1v) is 17.8. The summed E-state index contributed by atoms with van der Waals surface area (Å²) in [4.78, 5) is 11.9. The molecule has 0 amide bonds. The molecular formula is C36H72O2. The minimum Gasteiger partial charge on any atom is -0.481 e. The molecule has 0 heterocycles. The fraction of sp³-hybridized carbons (Fsp3) is 0.972. The van der Waals surface area contributed by atoms with Crippen LogP contribution < -0.4 is 0 Å². The quantitative estimate of drug-likeness (QED) is 0.0894. The summed E-state index contributed by atoms with van der Waals surface area (Å²) in [6.45, 7) is 9.11. The zero-order valence-corrected chi connectivity index (χ0v) is 26.9. The molecule has 0 saturated heterocycles. The van der Waals surface area contributed by atoms with E-state index in [0.717, 1.165) is 19.3 Å². The maximum Gasteiger partial charge on any atom is 0.306 e. The summed E-state index contributed by atoms with van der Waals surface area (Å²) >= 11 is 0. The van der Waals surface area contributed by atoms with Gasteiger partial charge in [0.15, 0.2) is 0 Å². The molecule has 3 unspecified atom stereocenters. The molecule has 0 fully saturated rings. The Balaban J connectivity index is 3.57. The highest BCUT2D eigenvalue weighted by atomic mass is 16.4. The van der Waals surface area contributed by atoms with Crippen molar-refractivity contribution < 1.29 is 9.90 Å². The molecule has 1 N–H and O–H groups in total. The second-order valence-electron chi connectivity index (χ2n) is 12.9. The number of hydrogen-bond donors (Lipinski definition) is 1. The summed E-state index contributed by atoms with van der Waals surface area (Å²) in [5.74, 6) is 0.591. The van der Waals surface area contributed by atoms with Crippen molar-refractivity contribution in [3.05, 3.63) is 0 Å². The third-order valence-electron chi connectivity index (χ3n) is 8.94. The molecule has 2 nitrogen and oxygen atoms in total. The van der Waals surface area contributed by atoms with E-state index in [1.54, 1.807) is 0 Å². The largest absolute Gasteiger partial charge is 0.481 e. The van der Waals surface area contributed by atoms with Gasteiger partial charge in [0, 0.05) is 0 Å². The Hall–Kier alpha value is -0.530. The van der Waals surface area contributed by atoms with Crippen molar-refractivity contribution in [2.24, 2.45) is 17.8 Å². The SMILES string of the molecule is CCCCCCCCCCCCCCCCCCCCCC(C)CCC(CC(CCC)CCCC)C(=O)O. The molecule has 38 heavy (non-hydrogen) atoms. The summed E-state index contributed by atoms with van der Waals surface area (Å²) in [6.07, 6.45) is 37.3. The van der Waals surface area contributed by atoms with Gasteiger partial charge < -0.3 is 5.11 Å². The lowest BCUT2D eigenvalue weighted by atomic mass is 9.83. The number of aliphatic carboxylic acids is 1. The molecular weight excluding hydrogens is 464 g/mol. The summed E-state index contributed by atoms with van der Waals surface area (Å²) in [5, 5.41) is 9.77. The fourth-order valence-corrected chi connectivity index (χ4v) is 6.23. The van der Waals surface area contributed by atoms with Crippen molar-refractivity contribution in [3.63, 3.8) is 0 Å². The monoisotopic (exact) mass is 537 g/mol. The van der Waals surface area contributed by atoms with Crippen molar-refractivity contribution >= 4 is 5.97 Å². The van der Waals surface area contributed by atoms with Crippen molar-refractivity contribution in [2.75, 3.05) is 0 Å². The van der Waals surface area contributed by atoms with Crippen LogP contribution in [0.15, 0.2) is 0 Å². The van der Waals surface area contributed by atoms with Crippen LogP contribution in [0.2, 0.25) is 0 Å². The molecule has 228 valence electrons. The number of carbonyl (C=O) groups is 1. The highest BCUT2D eigenvalue weighted by molar-refractivity contribution is 5.69. The van der Waals surface area contributed by atoms with Crippen molar-refractivity contribution in [1.29, 1.82) is 0 Å². The van der Waals surface area contributed by atoms with Crippen LogP contribution in [-0.4, -0.2) is 11.1 Å². The Bertz CT molecular complexity index is 474. The predicted molar refractivity (Wildman–Crippen MR) is 170 cm³/mol. The maximum absolute atomic E-state index is 11.9. The Morgan fingerprint density at radius 3 is 1.29 bits per heavy atom. The van der Waals surface area contributed by atoms with E-state index < -0.39 is 5.97 Å². The van der Waals surface area contributed by atoms with Gasteiger partial charge in [0.1, 0.15) is 0 Å². The highest BCUT2D eigenvalue weighted by Gasteiger charge is 2.22. The van der Waals surface area contributed by atoms with Gasteiger partial charge in [0.25, 0.3) is 0 Å². The molecule has 0 bridgehead atoms. The van der Waals surface area contributed by atoms with E-state index in [2.05, 4.69) is 27.7 Å². The van der Waals surface area contributed by atoms with Crippen molar-refractivity contribution in [2.45, 2.75) is 207 Å². The Morgan fingerprint density at radius 1 is 0.474 bits per heavy atom. The van der Waals surface area contributed by atoms with Crippen LogP contribution in [0.5, 0.6) is 0 Å². The Labute approximate surface area is 240 Å². The molecule has 0 saturated carbocycles. The third-order valence-corrected chi connectivity index (χ3v) is 8.94. The van der Waals surface area contributed by atoms with Crippen LogP contribution in [0.1, 0.15) is 207 Å². The minimum absolute atomic E-state index is 0.129. The average Bonchev–Trinajstić information content (AvgIpc) is 2.90. The van der Waals surface area contributed by atoms with Crippen LogP contribution >= 0.6 is 0 Å². The summed E-state index contributed by atoms with van der Waals surface area (Å²) < 4.78 is 0. The van der Waals surface area contributed by atoms with Gasteiger partial charge in [0.2, 0.25) is 0 Å². The van der Waals surface area contributed by atoms with E-state index in [9.17, 15) is 9.90 Å². The highest BCUT2D eigenvalue weighted by Crippen LogP contribution is 2.28. The molecule has 3 atom stereocenters. The predicted octanol–water partition coefficient (Wildman–Crippen LogP) is 12.9. The van der Waals surface area contributed by atoms with Crippen LogP contribution in [0.4, 0.5) is 0 Å². The first kappa shape index (κ1) is 37.5. The number of carboxylic acids is 1. The van der Waals surface area contributed by atoms with E-state index in [4.69, 9.17) is 0 Å². The van der Waals surface area contributed by atoms with Gasteiger partial charge in [0.05, 0.1) is 5.92 Å². The maximum atomic E-state index is 11.9. The van der Waals surface area contributed by atoms with Gasteiger partial charge in [-0.25, -0.2) is 0 Å². The normalized spacial score (nSPS) is 14.0. The number of carboxylic acid groups (broad SMARTS) is 1. The van der Waals surface area contributed by atoms with E-state index in [0.29, 0.717) is 11.8 Å². The lowest BCUT2D eigenvalue weighted by Crippen LogP contribution is -2.19. The second-order valence-corrected chi connectivity index (χ2v) is 12.9. The van der Waals surface area contributed by atoms with Gasteiger partial charge in [-0.15, -0.1) is 0 Å². The molecule has 0 aromatic carbocycles. The first-order chi connectivity index (χ1) is 18.5. The molecule has 0 spiro atoms. The Kier molecular flexibility index (Phi) is 29.0. The van der Waals surface area contributed by atoms with Gasteiger partial charge in [-0.1, -0.05) is 188 Å². The summed E-state index contributed by atoms with van der Waals surface area (Å²) in [5.41, 5.74) is 0.